The Hall–Kier alpha value is -2.70. The van der Waals surface area contributed by atoms with Crippen LogP contribution in [0.5, 0.6) is 11.5 Å². The lowest BCUT2D eigenvalue weighted by atomic mass is 10.1. The van der Waals surface area contributed by atoms with Gasteiger partial charge in [-0.05, 0) is 58.5 Å². The third-order valence-electron chi connectivity index (χ3n) is 5.16. The van der Waals surface area contributed by atoms with E-state index in [-0.39, 0.29) is 11.9 Å². The number of hydrogen-bond donors (Lipinski definition) is 2. The van der Waals surface area contributed by atoms with E-state index in [0.717, 1.165) is 23.3 Å². The molecule has 3 aromatic carbocycles. The van der Waals surface area contributed by atoms with Crippen LogP contribution in [0, 0.1) is 0 Å². The summed E-state index contributed by atoms with van der Waals surface area (Å²) < 4.78 is 11.6. The van der Waals surface area contributed by atoms with Gasteiger partial charge in [-0.3, -0.25) is 4.79 Å². The highest BCUT2D eigenvalue weighted by molar-refractivity contribution is 7.98. The Labute approximate surface area is 188 Å². The first kappa shape index (κ1) is 23.0. The molecule has 2 N–H and O–H groups in total. The molecule has 0 aromatic heterocycles. The second kappa shape index (κ2) is 11.6. The van der Waals surface area contributed by atoms with Gasteiger partial charge in [-0.15, -0.1) is 0 Å². The number of carbonyl (C=O) groups excluding carboxylic acids is 1. The van der Waals surface area contributed by atoms with Crippen molar-refractivity contribution in [3.8, 4) is 11.5 Å². The predicted molar refractivity (Wildman–Crippen MR) is 129 cm³/mol. The van der Waals surface area contributed by atoms with Crippen LogP contribution in [0.2, 0.25) is 0 Å². The third kappa shape index (κ3) is 6.39. The molecule has 0 saturated heterocycles. The van der Waals surface area contributed by atoms with E-state index < -0.39 is 0 Å². The number of amides is 1. The lowest BCUT2D eigenvalue weighted by Crippen LogP contribution is -2.42. The number of hydrogen-bond acceptors (Lipinski definition) is 5. The molecule has 0 aliphatic rings. The van der Waals surface area contributed by atoms with Crippen molar-refractivity contribution in [2.24, 2.45) is 0 Å². The number of fused-ring (bicyclic) bond motifs is 1. The van der Waals surface area contributed by atoms with E-state index in [1.807, 2.05) is 36.6 Å². The molecule has 3 rings (SSSR count). The van der Waals surface area contributed by atoms with Gasteiger partial charge in [-0.2, -0.15) is 11.8 Å². The molecule has 0 bridgehead atoms. The molecule has 6 heteroatoms. The lowest BCUT2D eigenvalue weighted by Gasteiger charge is -2.18. The molecule has 1 atom stereocenters. The SMILES string of the molecule is CNC(=O)C(CCSC)NCc1ccc(OCc2ccc3ccccc3c2)c(OC)c1. The summed E-state index contributed by atoms with van der Waals surface area (Å²) in [4.78, 5) is 12.1. The van der Waals surface area contributed by atoms with E-state index in [2.05, 4.69) is 41.0 Å². The van der Waals surface area contributed by atoms with Crippen molar-refractivity contribution in [1.82, 2.24) is 10.6 Å². The molecule has 31 heavy (non-hydrogen) atoms. The Bertz CT molecular complexity index is 1010. The number of methoxy groups -OCH3 is 1. The number of benzene rings is 3. The molecule has 0 aliphatic carbocycles. The first-order valence-corrected chi connectivity index (χ1v) is 11.7. The van der Waals surface area contributed by atoms with E-state index >= 15 is 0 Å². The highest BCUT2D eigenvalue weighted by Crippen LogP contribution is 2.29. The standard InChI is InChI=1S/C25H30N2O3S/c1-26-25(28)22(12-13-31-3)27-16-18-9-11-23(24(15-18)29-2)30-17-19-8-10-20-6-4-5-7-21(20)14-19/h4-11,14-15,22,27H,12-13,16-17H2,1-3H3,(H,26,28). The van der Waals surface area contributed by atoms with Gasteiger partial charge in [0.2, 0.25) is 5.91 Å². The van der Waals surface area contributed by atoms with Crippen LogP contribution < -0.4 is 20.1 Å². The zero-order valence-corrected chi connectivity index (χ0v) is 19.1. The quantitative estimate of drug-likeness (QED) is 0.465. The van der Waals surface area contributed by atoms with E-state index in [9.17, 15) is 4.79 Å². The lowest BCUT2D eigenvalue weighted by molar-refractivity contribution is -0.122. The van der Waals surface area contributed by atoms with E-state index in [0.29, 0.717) is 24.7 Å². The Kier molecular flexibility index (Phi) is 8.62. The fourth-order valence-electron chi connectivity index (χ4n) is 3.41. The van der Waals surface area contributed by atoms with Crippen LogP contribution in [0.3, 0.4) is 0 Å². The molecule has 5 nitrogen and oxygen atoms in total. The summed E-state index contributed by atoms with van der Waals surface area (Å²) in [6.45, 7) is 1.04. The molecule has 164 valence electrons. The molecule has 0 spiro atoms. The second-order valence-electron chi connectivity index (χ2n) is 7.28. The minimum Gasteiger partial charge on any atom is -0.493 e. The maximum absolute atomic E-state index is 12.1. The van der Waals surface area contributed by atoms with Crippen LogP contribution in [-0.2, 0) is 17.9 Å². The van der Waals surface area contributed by atoms with Gasteiger partial charge < -0.3 is 20.1 Å². The Morgan fingerprint density at radius 3 is 2.52 bits per heavy atom. The third-order valence-corrected chi connectivity index (χ3v) is 5.81. The largest absolute Gasteiger partial charge is 0.493 e. The summed E-state index contributed by atoms with van der Waals surface area (Å²) in [7, 11) is 3.31. The van der Waals surface area contributed by atoms with Gasteiger partial charge in [0.1, 0.15) is 6.61 Å². The Balaban J connectivity index is 1.63. The van der Waals surface area contributed by atoms with Crippen molar-refractivity contribution in [3.05, 3.63) is 71.8 Å². The van der Waals surface area contributed by atoms with Crippen molar-refractivity contribution in [2.45, 2.75) is 25.6 Å². The van der Waals surface area contributed by atoms with Gasteiger partial charge in [0.25, 0.3) is 0 Å². The van der Waals surface area contributed by atoms with E-state index in [1.54, 1.807) is 25.9 Å². The molecular formula is C25H30N2O3S. The number of ether oxygens (including phenoxy) is 2. The van der Waals surface area contributed by atoms with Crippen molar-refractivity contribution in [3.63, 3.8) is 0 Å². The molecule has 3 aromatic rings. The molecule has 0 heterocycles. The molecule has 0 radical (unpaired) electrons. The second-order valence-corrected chi connectivity index (χ2v) is 8.27. The van der Waals surface area contributed by atoms with Gasteiger partial charge in [0.15, 0.2) is 11.5 Å². The monoisotopic (exact) mass is 438 g/mol. The molecule has 0 saturated carbocycles. The molecule has 1 amide bonds. The smallest absolute Gasteiger partial charge is 0.236 e. The zero-order valence-electron chi connectivity index (χ0n) is 18.3. The molecular weight excluding hydrogens is 408 g/mol. The maximum Gasteiger partial charge on any atom is 0.236 e. The Morgan fingerprint density at radius 2 is 1.77 bits per heavy atom. The number of thioether (sulfide) groups is 1. The van der Waals surface area contributed by atoms with Crippen LogP contribution in [0.4, 0.5) is 0 Å². The number of likely N-dealkylation sites (N-methyl/N-ethyl adjacent to an activating group) is 1. The van der Waals surface area contributed by atoms with Gasteiger partial charge in [-0.25, -0.2) is 0 Å². The minimum absolute atomic E-state index is 0.0105. The van der Waals surface area contributed by atoms with Gasteiger partial charge >= 0.3 is 0 Å². The Morgan fingerprint density at radius 1 is 1.00 bits per heavy atom. The molecule has 1 unspecified atom stereocenters. The zero-order chi connectivity index (χ0) is 22.1. The van der Waals surface area contributed by atoms with Gasteiger partial charge in [-0.1, -0.05) is 42.5 Å². The summed E-state index contributed by atoms with van der Waals surface area (Å²) in [6.07, 6.45) is 2.83. The first-order chi connectivity index (χ1) is 15.1. The predicted octanol–water partition coefficient (Wildman–Crippen LogP) is 4.38. The fraction of sp³-hybridized carbons (Fsp3) is 0.320. The first-order valence-electron chi connectivity index (χ1n) is 10.4. The fourth-order valence-corrected chi connectivity index (χ4v) is 3.88. The summed E-state index contributed by atoms with van der Waals surface area (Å²) in [5.74, 6) is 2.32. The molecule has 0 fully saturated rings. The molecule has 0 aliphatic heterocycles. The van der Waals surface area contributed by atoms with Crippen LogP contribution in [0.15, 0.2) is 60.7 Å². The maximum atomic E-state index is 12.1. The summed E-state index contributed by atoms with van der Waals surface area (Å²) in [5.41, 5.74) is 2.14. The number of nitrogens with one attached hydrogen (secondary N) is 2. The van der Waals surface area contributed by atoms with Crippen molar-refractivity contribution >= 4 is 28.4 Å². The van der Waals surface area contributed by atoms with Crippen molar-refractivity contribution < 1.29 is 14.3 Å². The average Bonchev–Trinajstić information content (AvgIpc) is 2.82. The van der Waals surface area contributed by atoms with Gasteiger partial charge in [0.05, 0.1) is 13.2 Å². The van der Waals surface area contributed by atoms with Crippen LogP contribution >= 0.6 is 11.8 Å². The summed E-state index contributed by atoms with van der Waals surface area (Å²) in [6, 6.07) is 20.3. The number of rotatable bonds is 11. The van der Waals surface area contributed by atoms with Crippen molar-refractivity contribution in [1.29, 1.82) is 0 Å². The highest BCUT2D eigenvalue weighted by Gasteiger charge is 2.16. The normalized spacial score (nSPS) is 11.8. The summed E-state index contributed by atoms with van der Waals surface area (Å²) in [5, 5.41) is 8.49. The number of carbonyl (C=O) groups is 1. The highest BCUT2D eigenvalue weighted by atomic mass is 32.2. The minimum atomic E-state index is -0.215. The van der Waals surface area contributed by atoms with Gasteiger partial charge in [0, 0.05) is 13.6 Å². The van der Waals surface area contributed by atoms with Crippen molar-refractivity contribution in [2.75, 3.05) is 26.2 Å². The van der Waals surface area contributed by atoms with E-state index in [1.165, 1.54) is 10.8 Å². The van der Waals surface area contributed by atoms with Crippen LogP contribution in [0.1, 0.15) is 17.5 Å². The topological polar surface area (TPSA) is 59.6 Å². The van der Waals surface area contributed by atoms with Crippen LogP contribution in [0.25, 0.3) is 10.8 Å². The average molecular weight is 439 g/mol. The van der Waals surface area contributed by atoms with E-state index in [4.69, 9.17) is 9.47 Å². The van der Waals surface area contributed by atoms with Crippen LogP contribution in [-0.4, -0.2) is 38.1 Å². The summed E-state index contributed by atoms with van der Waals surface area (Å²) >= 11 is 1.74.